The Morgan fingerprint density at radius 3 is 2.67 bits per heavy atom. The van der Waals surface area contributed by atoms with E-state index >= 15 is 0 Å². The summed E-state index contributed by atoms with van der Waals surface area (Å²) in [5, 5.41) is 33.6. The van der Waals surface area contributed by atoms with Gasteiger partial charge in [0.25, 0.3) is 0 Å². The third kappa shape index (κ3) is 2.88. The van der Waals surface area contributed by atoms with Crippen molar-refractivity contribution in [3.63, 3.8) is 0 Å². The van der Waals surface area contributed by atoms with Crippen molar-refractivity contribution in [2.45, 2.75) is 37.6 Å². The summed E-state index contributed by atoms with van der Waals surface area (Å²) in [5.41, 5.74) is 0. The average molecular weight is 218 g/mol. The first-order valence-corrected chi connectivity index (χ1v) is 5.09. The van der Waals surface area contributed by atoms with E-state index in [2.05, 4.69) is 10.6 Å². The van der Waals surface area contributed by atoms with Crippen LogP contribution in [-0.2, 0) is 4.79 Å². The van der Waals surface area contributed by atoms with Crippen LogP contribution in [-0.4, -0.2) is 58.7 Å². The third-order valence-electron chi connectivity index (χ3n) is 2.64. The molecule has 1 aliphatic rings. The minimum Gasteiger partial charge on any atom is -0.395 e. The Morgan fingerprint density at radius 1 is 1.47 bits per heavy atom. The lowest BCUT2D eigenvalue weighted by Gasteiger charge is -2.37. The Morgan fingerprint density at radius 2 is 2.13 bits per heavy atom. The highest BCUT2D eigenvalue weighted by Gasteiger charge is 2.37. The minimum absolute atomic E-state index is 0.171. The molecule has 0 aliphatic carbocycles. The fraction of sp³-hybridized carbons (Fsp3) is 0.889. The van der Waals surface area contributed by atoms with Gasteiger partial charge in [0, 0.05) is 13.0 Å². The van der Waals surface area contributed by atoms with Crippen molar-refractivity contribution >= 4 is 5.91 Å². The van der Waals surface area contributed by atoms with Crippen molar-refractivity contribution in [2.24, 2.45) is 0 Å². The molecule has 0 aromatic carbocycles. The van der Waals surface area contributed by atoms with Crippen molar-refractivity contribution in [3.8, 4) is 0 Å². The molecular formula is C9H18N2O4. The molecule has 0 aromatic rings. The molecule has 0 radical (unpaired) electrons. The fourth-order valence-electron chi connectivity index (χ4n) is 1.61. The monoisotopic (exact) mass is 218 g/mol. The second-order valence-corrected chi connectivity index (χ2v) is 3.71. The number of aliphatic hydroxyl groups excluding tert-OH is 3. The fourth-order valence-corrected chi connectivity index (χ4v) is 1.61. The molecule has 15 heavy (non-hydrogen) atoms. The SMILES string of the molecule is CCC(=O)N[C@H]1CN[C@H](CO)[C@@H](O)[C@@H]1O. The van der Waals surface area contributed by atoms with E-state index in [1.165, 1.54) is 0 Å². The Hall–Kier alpha value is -0.690. The predicted octanol–water partition coefficient (Wildman–Crippen LogP) is -2.43. The topological polar surface area (TPSA) is 102 Å². The summed E-state index contributed by atoms with van der Waals surface area (Å²) in [6.07, 6.45) is -1.77. The molecule has 6 heteroatoms. The Kier molecular flexibility index (Phi) is 4.46. The molecule has 5 N–H and O–H groups in total. The summed E-state index contributed by atoms with van der Waals surface area (Å²) >= 11 is 0. The number of rotatable bonds is 3. The number of hydrogen-bond donors (Lipinski definition) is 5. The second-order valence-electron chi connectivity index (χ2n) is 3.71. The second kappa shape index (κ2) is 5.41. The molecular weight excluding hydrogens is 200 g/mol. The van der Waals surface area contributed by atoms with E-state index in [4.69, 9.17) is 5.11 Å². The quantitative estimate of drug-likeness (QED) is 0.362. The van der Waals surface area contributed by atoms with E-state index in [9.17, 15) is 15.0 Å². The number of hydrogen-bond acceptors (Lipinski definition) is 5. The van der Waals surface area contributed by atoms with Gasteiger partial charge in [0.05, 0.1) is 24.8 Å². The molecule has 1 heterocycles. The molecule has 1 amide bonds. The van der Waals surface area contributed by atoms with Crippen molar-refractivity contribution < 1.29 is 20.1 Å². The molecule has 0 unspecified atom stereocenters. The van der Waals surface area contributed by atoms with Gasteiger partial charge in [0.2, 0.25) is 5.91 Å². The lowest BCUT2D eigenvalue weighted by molar-refractivity contribution is -0.124. The van der Waals surface area contributed by atoms with Crippen molar-refractivity contribution in [1.82, 2.24) is 10.6 Å². The van der Waals surface area contributed by atoms with Crippen LogP contribution in [0.25, 0.3) is 0 Å². The standard InChI is InChI=1S/C9H18N2O4/c1-2-7(13)11-5-3-10-6(4-12)9(15)8(5)14/h5-6,8-10,12,14-15H,2-4H2,1H3,(H,11,13)/t5-,6+,8+,9+/m0/s1. The number of amides is 1. The van der Waals surface area contributed by atoms with E-state index in [1.807, 2.05) is 0 Å². The van der Waals surface area contributed by atoms with Crippen LogP contribution in [0.1, 0.15) is 13.3 Å². The van der Waals surface area contributed by atoms with E-state index < -0.39 is 24.3 Å². The normalized spacial score (nSPS) is 36.3. The lowest BCUT2D eigenvalue weighted by Crippen LogP contribution is -2.65. The van der Waals surface area contributed by atoms with Gasteiger partial charge in [-0.3, -0.25) is 4.79 Å². The molecule has 0 saturated carbocycles. The zero-order valence-corrected chi connectivity index (χ0v) is 8.68. The number of carbonyl (C=O) groups is 1. The van der Waals surface area contributed by atoms with Crippen LogP contribution in [0, 0.1) is 0 Å². The van der Waals surface area contributed by atoms with Gasteiger partial charge in [-0.25, -0.2) is 0 Å². The van der Waals surface area contributed by atoms with Gasteiger partial charge in [-0.15, -0.1) is 0 Å². The lowest BCUT2D eigenvalue weighted by atomic mass is 9.94. The largest absolute Gasteiger partial charge is 0.395 e. The van der Waals surface area contributed by atoms with Gasteiger partial charge in [-0.1, -0.05) is 6.92 Å². The molecule has 1 rings (SSSR count). The Balaban J connectivity index is 2.52. The molecule has 1 fully saturated rings. The van der Waals surface area contributed by atoms with Crippen LogP contribution in [0.4, 0.5) is 0 Å². The Labute approximate surface area is 88.3 Å². The van der Waals surface area contributed by atoms with E-state index in [-0.39, 0.29) is 12.5 Å². The molecule has 0 aromatic heterocycles. The molecule has 88 valence electrons. The summed E-state index contributed by atoms with van der Waals surface area (Å²) in [4.78, 5) is 11.1. The number of aliphatic hydroxyl groups is 3. The van der Waals surface area contributed by atoms with Crippen molar-refractivity contribution in [1.29, 1.82) is 0 Å². The molecule has 0 spiro atoms. The van der Waals surface area contributed by atoms with Crippen molar-refractivity contribution in [2.75, 3.05) is 13.2 Å². The van der Waals surface area contributed by atoms with Crippen LogP contribution in [0.5, 0.6) is 0 Å². The van der Waals surface area contributed by atoms with E-state index in [1.54, 1.807) is 6.92 Å². The first-order chi connectivity index (χ1) is 7.10. The van der Waals surface area contributed by atoms with Gasteiger partial charge in [0.1, 0.15) is 6.10 Å². The summed E-state index contributed by atoms with van der Waals surface area (Å²) in [6, 6.07) is -1.04. The summed E-state index contributed by atoms with van der Waals surface area (Å²) in [6.45, 7) is 1.81. The minimum atomic E-state index is -1.06. The average Bonchev–Trinajstić information content (AvgIpc) is 2.25. The van der Waals surface area contributed by atoms with Gasteiger partial charge >= 0.3 is 0 Å². The highest BCUT2D eigenvalue weighted by Crippen LogP contribution is 2.10. The highest BCUT2D eigenvalue weighted by molar-refractivity contribution is 5.75. The number of nitrogens with one attached hydrogen (secondary N) is 2. The molecule has 4 atom stereocenters. The molecule has 1 saturated heterocycles. The zero-order valence-electron chi connectivity index (χ0n) is 8.68. The summed E-state index contributed by atoms with van der Waals surface area (Å²) in [7, 11) is 0. The van der Waals surface area contributed by atoms with E-state index in [0.29, 0.717) is 13.0 Å². The Bertz CT molecular complexity index is 224. The van der Waals surface area contributed by atoms with Gasteiger partial charge in [-0.2, -0.15) is 0 Å². The molecule has 6 nitrogen and oxygen atoms in total. The van der Waals surface area contributed by atoms with Crippen LogP contribution < -0.4 is 10.6 Å². The maximum Gasteiger partial charge on any atom is 0.220 e. The first kappa shape index (κ1) is 12.4. The van der Waals surface area contributed by atoms with Crippen LogP contribution in [0.3, 0.4) is 0 Å². The number of carbonyl (C=O) groups excluding carboxylic acids is 1. The van der Waals surface area contributed by atoms with Crippen LogP contribution >= 0.6 is 0 Å². The van der Waals surface area contributed by atoms with Crippen LogP contribution in [0.2, 0.25) is 0 Å². The van der Waals surface area contributed by atoms with Gasteiger partial charge in [-0.05, 0) is 0 Å². The van der Waals surface area contributed by atoms with E-state index in [0.717, 1.165) is 0 Å². The summed E-state index contributed by atoms with van der Waals surface area (Å²) < 4.78 is 0. The maximum atomic E-state index is 11.1. The van der Waals surface area contributed by atoms with Crippen molar-refractivity contribution in [3.05, 3.63) is 0 Å². The third-order valence-corrected chi connectivity index (χ3v) is 2.64. The smallest absolute Gasteiger partial charge is 0.220 e. The highest BCUT2D eigenvalue weighted by atomic mass is 16.3. The maximum absolute atomic E-state index is 11.1. The van der Waals surface area contributed by atoms with Gasteiger partial charge < -0.3 is 26.0 Å². The number of piperidine rings is 1. The zero-order chi connectivity index (χ0) is 11.4. The van der Waals surface area contributed by atoms with Gasteiger partial charge in [0.15, 0.2) is 0 Å². The first-order valence-electron chi connectivity index (χ1n) is 5.09. The predicted molar refractivity (Wildman–Crippen MR) is 53.1 cm³/mol. The molecule has 1 aliphatic heterocycles. The van der Waals surface area contributed by atoms with Crippen LogP contribution in [0.15, 0.2) is 0 Å². The summed E-state index contributed by atoms with van der Waals surface area (Å²) in [5.74, 6) is -0.171. The molecule has 0 bridgehead atoms.